The zero-order valence-corrected chi connectivity index (χ0v) is 18.7. The van der Waals surface area contributed by atoms with Gasteiger partial charge in [0, 0.05) is 37.5 Å². The van der Waals surface area contributed by atoms with Crippen molar-refractivity contribution in [2.24, 2.45) is 5.92 Å². The van der Waals surface area contributed by atoms with Gasteiger partial charge in [0.1, 0.15) is 0 Å². The second-order valence-electron chi connectivity index (χ2n) is 7.75. The van der Waals surface area contributed by atoms with Gasteiger partial charge in [-0.3, -0.25) is 4.79 Å². The van der Waals surface area contributed by atoms with Gasteiger partial charge in [0.25, 0.3) is 0 Å². The summed E-state index contributed by atoms with van der Waals surface area (Å²) < 4.78 is 26.8. The van der Waals surface area contributed by atoms with E-state index in [0.29, 0.717) is 44.6 Å². The predicted molar refractivity (Wildman–Crippen MR) is 125 cm³/mol. The van der Waals surface area contributed by atoms with Gasteiger partial charge in [-0.15, -0.1) is 6.58 Å². The number of carbonyl (C=O) groups excluding carboxylic acids is 1. The molecule has 1 aliphatic heterocycles. The number of hydrogen-bond donors (Lipinski definition) is 0. The molecule has 0 unspecified atom stereocenters. The minimum Gasteiger partial charge on any atom is -0.334 e. The van der Waals surface area contributed by atoms with Crippen molar-refractivity contribution in [3.63, 3.8) is 0 Å². The first-order valence-corrected chi connectivity index (χ1v) is 12.1. The monoisotopic (exact) mass is 449 g/mol. The first-order chi connectivity index (χ1) is 15.4. The van der Waals surface area contributed by atoms with Gasteiger partial charge in [-0.05, 0) is 42.2 Å². The van der Waals surface area contributed by atoms with Crippen molar-refractivity contribution in [2.75, 3.05) is 19.6 Å². The quantitative estimate of drug-likeness (QED) is 0.574. The molecule has 0 radical (unpaired) electrons. The summed E-state index contributed by atoms with van der Waals surface area (Å²) in [5.41, 5.74) is 2.33. The zero-order valence-electron chi connectivity index (χ0n) is 17.9. The van der Waals surface area contributed by atoms with Gasteiger partial charge in [-0.25, -0.2) is 8.42 Å². The number of nitrogens with zero attached hydrogens (tertiary/aromatic N) is 3. The largest absolute Gasteiger partial charge is 0.334 e. The Morgan fingerprint density at radius 1 is 1.12 bits per heavy atom. The SMILES string of the molecule is C=CCN(Cc1ccc(C#N)cc1)C(=O)C1CCN(S(=O)(=O)/C=C/c2ccccc2)CC1. The molecule has 3 rings (SSSR count). The highest BCUT2D eigenvalue weighted by Crippen LogP contribution is 2.23. The van der Waals surface area contributed by atoms with Crippen LogP contribution in [0.2, 0.25) is 0 Å². The average Bonchev–Trinajstić information content (AvgIpc) is 2.83. The van der Waals surface area contributed by atoms with E-state index in [2.05, 4.69) is 12.6 Å². The van der Waals surface area contributed by atoms with E-state index in [4.69, 9.17) is 5.26 Å². The number of nitriles is 1. The third-order valence-electron chi connectivity index (χ3n) is 5.51. The van der Waals surface area contributed by atoms with E-state index in [9.17, 15) is 13.2 Å². The molecule has 0 bridgehead atoms. The van der Waals surface area contributed by atoms with Crippen LogP contribution >= 0.6 is 0 Å². The van der Waals surface area contributed by atoms with Gasteiger partial charge in [0.15, 0.2) is 0 Å². The van der Waals surface area contributed by atoms with Crippen LogP contribution in [0.3, 0.4) is 0 Å². The van der Waals surface area contributed by atoms with Crippen LogP contribution in [0.15, 0.2) is 72.7 Å². The lowest BCUT2D eigenvalue weighted by Gasteiger charge is -2.33. The van der Waals surface area contributed by atoms with Crippen molar-refractivity contribution in [3.8, 4) is 6.07 Å². The Kier molecular flexibility index (Phi) is 7.98. The van der Waals surface area contributed by atoms with Crippen molar-refractivity contribution < 1.29 is 13.2 Å². The average molecular weight is 450 g/mol. The van der Waals surface area contributed by atoms with Gasteiger partial charge in [0.2, 0.25) is 15.9 Å². The molecule has 2 aromatic carbocycles. The summed E-state index contributed by atoms with van der Waals surface area (Å²) in [7, 11) is -3.53. The molecule has 2 aromatic rings. The number of carbonyl (C=O) groups is 1. The first kappa shape index (κ1) is 23.5. The molecule has 1 saturated heterocycles. The topological polar surface area (TPSA) is 81.5 Å². The lowest BCUT2D eigenvalue weighted by molar-refractivity contribution is -0.136. The van der Waals surface area contributed by atoms with E-state index in [0.717, 1.165) is 11.1 Å². The van der Waals surface area contributed by atoms with E-state index in [1.54, 1.807) is 29.2 Å². The number of rotatable bonds is 8. The highest BCUT2D eigenvalue weighted by molar-refractivity contribution is 7.92. The standard InChI is InChI=1S/C25H27N3O3S/c1-2-15-27(20-23-10-8-22(19-26)9-11-23)25(29)24-12-16-28(17-13-24)32(30,31)18-14-21-6-4-3-5-7-21/h2-11,14,18,24H,1,12-13,15-17,20H2/b18-14+. The molecule has 1 amide bonds. The van der Waals surface area contributed by atoms with Gasteiger partial charge in [-0.2, -0.15) is 9.57 Å². The van der Waals surface area contributed by atoms with Gasteiger partial charge < -0.3 is 4.90 Å². The Hall–Kier alpha value is -3.21. The number of hydrogen-bond acceptors (Lipinski definition) is 4. The van der Waals surface area contributed by atoms with Crippen molar-refractivity contribution in [1.82, 2.24) is 9.21 Å². The normalized spacial score (nSPS) is 15.3. The third kappa shape index (κ3) is 6.16. The third-order valence-corrected chi connectivity index (χ3v) is 7.08. The number of benzene rings is 2. The van der Waals surface area contributed by atoms with Crippen LogP contribution in [0.4, 0.5) is 0 Å². The molecule has 0 saturated carbocycles. The van der Waals surface area contributed by atoms with E-state index >= 15 is 0 Å². The molecule has 0 spiro atoms. The summed E-state index contributed by atoms with van der Waals surface area (Å²) in [5.74, 6) is -0.219. The maximum Gasteiger partial charge on any atom is 0.236 e. The molecule has 1 aliphatic rings. The Morgan fingerprint density at radius 3 is 2.38 bits per heavy atom. The fourth-order valence-electron chi connectivity index (χ4n) is 3.72. The van der Waals surface area contributed by atoms with Crippen LogP contribution in [0.5, 0.6) is 0 Å². The molecule has 0 aliphatic carbocycles. The molecule has 0 atom stereocenters. The second kappa shape index (κ2) is 10.9. The van der Waals surface area contributed by atoms with E-state index in [1.165, 1.54) is 9.71 Å². The van der Waals surface area contributed by atoms with Crippen LogP contribution in [-0.2, 0) is 21.4 Å². The van der Waals surface area contributed by atoms with Crippen molar-refractivity contribution >= 4 is 22.0 Å². The molecule has 32 heavy (non-hydrogen) atoms. The van der Waals surface area contributed by atoms with Crippen molar-refractivity contribution in [1.29, 1.82) is 5.26 Å². The van der Waals surface area contributed by atoms with Crippen molar-refractivity contribution in [2.45, 2.75) is 19.4 Å². The molecule has 0 aromatic heterocycles. The van der Waals surface area contributed by atoms with Crippen molar-refractivity contribution in [3.05, 3.63) is 89.4 Å². The highest BCUT2D eigenvalue weighted by atomic mass is 32.2. The van der Waals surface area contributed by atoms with Crippen LogP contribution < -0.4 is 0 Å². The van der Waals surface area contributed by atoms with Gasteiger partial charge in [-0.1, -0.05) is 48.5 Å². The van der Waals surface area contributed by atoms with Gasteiger partial charge >= 0.3 is 0 Å². The molecule has 6 nitrogen and oxygen atoms in total. The summed E-state index contributed by atoms with van der Waals surface area (Å²) in [6.07, 6.45) is 4.25. The van der Waals surface area contributed by atoms with E-state index in [1.807, 2.05) is 42.5 Å². The van der Waals surface area contributed by atoms with E-state index in [-0.39, 0.29) is 11.8 Å². The number of amides is 1. The Morgan fingerprint density at radius 2 is 1.78 bits per heavy atom. The summed E-state index contributed by atoms with van der Waals surface area (Å²) >= 11 is 0. The van der Waals surface area contributed by atoms with Crippen LogP contribution in [-0.4, -0.2) is 43.2 Å². The number of sulfonamides is 1. The summed E-state index contributed by atoms with van der Waals surface area (Å²) in [6, 6.07) is 18.5. The first-order valence-electron chi connectivity index (χ1n) is 10.5. The lowest BCUT2D eigenvalue weighted by atomic mass is 9.96. The Labute approximate surface area is 190 Å². The summed E-state index contributed by atoms with van der Waals surface area (Å²) in [5, 5.41) is 10.2. The fourth-order valence-corrected chi connectivity index (χ4v) is 4.94. The summed E-state index contributed by atoms with van der Waals surface area (Å²) in [6.45, 7) is 5.23. The fraction of sp³-hybridized carbons (Fsp3) is 0.280. The minimum atomic E-state index is -3.53. The van der Waals surface area contributed by atoms with Gasteiger partial charge in [0.05, 0.1) is 11.6 Å². The predicted octanol–water partition coefficient (Wildman–Crippen LogP) is 3.79. The minimum absolute atomic E-state index is 0.00568. The molecule has 1 fully saturated rings. The molecule has 1 heterocycles. The smallest absolute Gasteiger partial charge is 0.236 e. The Bertz CT molecular complexity index is 1100. The van der Waals surface area contributed by atoms with E-state index < -0.39 is 10.0 Å². The molecule has 7 heteroatoms. The molecular weight excluding hydrogens is 422 g/mol. The molecular formula is C25H27N3O3S. The van der Waals surface area contributed by atoms with Crippen LogP contribution in [0.1, 0.15) is 29.5 Å². The lowest BCUT2D eigenvalue weighted by Crippen LogP contribution is -2.43. The molecule has 166 valence electrons. The summed E-state index contributed by atoms with van der Waals surface area (Å²) in [4.78, 5) is 14.9. The second-order valence-corrected chi connectivity index (χ2v) is 9.57. The zero-order chi connectivity index (χ0) is 23.0. The Balaban J connectivity index is 1.60. The highest BCUT2D eigenvalue weighted by Gasteiger charge is 2.32. The van der Waals surface area contributed by atoms with Crippen LogP contribution in [0, 0.1) is 17.2 Å². The maximum absolute atomic E-state index is 13.1. The maximum atomic E-state index is 13.1. The van der Waals surface area contributed by atoms with Crippen LogP contribution in [0.25, 0.3) is 6.08 Å². The molecule has 0 N–H and O–H groups in total. The number of piperidine rings is 1.